The molecule has 0 radical (unpaired) electrons. The van der Waals surface area contributed by atoms with Gasteiger partial charge in [-0.05, 0) is 30.3 Å². The Kier molecular flexibility index (Phi) is 3.70. The van der Waals surface area contributed by atoms with Crippen LogP contribution in [0, 0.1) is 0 Å². The van der Waals surface area contributed by atoms with E-state index in [1.54, 1.807) is 30.7 Å². The molecule has 17 heavy (non-hydrogen) atoms. The molecule has 0 aliphatic carbocycles. The number of furan rings is 1. The van der Waals surface area contributed by atoms with Crippen LogP contribution < -0.4 is 5.32 Å². The summed E-state index contributed by atoms with van der Waals surface area (Å²) in [7, 11) is 0. The molecule has 4 heteroatoms. The largest absolute Gasteiger partial charge is 0.465 e. The van der Waals surface area contributed by atoms with E-state index in [0.717, 1.165) is 5.69 Å². The van der Waals surface area contributed by atoms with Crippen LogP contribution in [0.25, 0.3) is 6.08 Å². The minimum Gasteiger partial charge on any atom is -0.465 e. The highest BCUT2D eigenvalue weighted by atomic mass is 16.3. The molecule has 1 amide bonds. The van der Waals surface area contributed by atoms with Crippen LogP contribution in [0.5, 0.6) is 0 Å². The van der Waals surface area contributed by atoms with Gasteiger partial charge in [0.05, 0.1) is 18.5 Å². The van der Waals surface area contributed by atoms with Gasteiger partial charge in [-0.25, -0.2) is 0 Å². The zero-order chi connectivity index (χ0) is 11.9. The first-order valence-electron chi connectivity index (χ1n) is 5.24. The van der Waals surface area contributed by atoms with Crippen molar-refractivity contribution in [1.82, 2.24) is 10.3 Å². The topological polar surface area (TPSA) is 55.1 Å². The number of carbonyl (C=O) groups is 1. The van der Waals surface area contributed by atoms with Gasteiger partial charge in [0.25, 0.3) is 0 Å². The van der Waals surface area contributed by atoms with Gasteiger partial charge in [-0.1, -0.05) is 6.07 Å². The number of nitrogens with one attached hydrogen (secondary N) is 1. The molecular weight excluding hydrogens is 216 g/mol. The van der Waals surface area contributed by atoms with Crippen molar-refractivity contribution in [2.24, 2.45) is 0 Å². The normalized spacial score (nSPS) is 10.6. The molecule has 2 aromatic rings. The molecule has 0 aromatic carbocycles. The van der Waals surface area contributed by atoms with Gasteiger partial charge < -0.3 is 9.73 Å². The van der Waals surface area contributed by atoms with Crippen molar-refractivity contribution in [3.8, 4) is 0 Å². The smallest absolute Gasteiger partial charge is 0.244 e. The van der Waals surface area contributed by atoms with Crippen molar-refractivity contribution in [3.05, 3.63) is 60.3 Å². The molecule has 0 saturated heterocycles. The Balaban J connectivity index is 1.82. The van der Waals surface area contributed by atoms with Gasteiger partial charge in [-0.2, -0.15) is 0 Å². The fourth-order valence-corrected chi connectivity index (χ4v) is 1.28. The fraction of sp³-hybridized carbons (Fsp3) is 0.0769. The molecule has 4 nitrogen and oxygen atoms in total. The molecule has 2 aromatic heterocycles. The third-order valence-electron chi connectivity index (χ3n) is 2.11. The molecule has 0 saturated carbocycles. The van der Waals surface area contributed by atoms with Crippen LogP contribution in [0.1, 0.15) is 11.5 Å². The Labute approximate surface area is 99.0 Å². The number of hydrogen-bond acceptors (Lipinski definition) is 3. The second kappa shape index (κ2) is 5.65. The lowest BCUT2D eigenvalue weighted by molar-refractivity contribution is -0.116. The lowest BCUT2D eigenvalue weighted by Crippen LogP contribution is -2.20. The molecule has 0 unspecified atom stereocenters. The first kappa shape index (κ1) is 11.1. The van der Waals surface area contributed by atoms with Crippen LogP contribution in [0.15, 0.2) is 53.3 Å². The third kappa shape index (κ3) is 3.61. The monoisotopic (exact) mass is 228 g/mol. The molecule has 86 valence electrons. The molecule has 2 heterocycles. The van der Waals surface area contributed by atoms with E-state index in [1.807, 2.05) is 18.2 Å². The highest BCUT2D eigenvalue weighted by Crippen LogP contribution is 2.01. The Morgan fingerprint density at radius 2 is 2.29 bits per heavy atom. The highest BCUT2D eigenvalue weighted by Gasteiger charge is 1.97. The standard InChI is InChI=1S/C13H12N2O2/c16-13(7-6-12-5-3-9-17-12)15-10-11-4-1-2-8-14-11/h1-9H,10H2,(H,15,16)/b7-6-. The molecule has 0 aliphatic rings. The van der Waals surface area contributed by atoms with Crippen LogP contribution in [0.2, 0.25) is 0 Å². The summed E-state index contributed by atoms with van der Waals surface area (Å²) in [5, 5.41) is 2.73. The summed E-state index contributed by atoms with van der Waals surface area (Å²) in [6, 6.07) is 9.12. The Morgan fingerprint density at radius 3 is 3.00 bits per heavy atom. The van der Waals surface area contributed by atoms with Crippen LogP contribution in [0.3, 0.4) is 0 Å². The van der Waals surface area contributed by atoms with Gasteiger partial charge in [0, 0.05) is 12.3 Å². The molecule has 0 spiro atoms. The minimum absolute atomic E-state index is 0.174. The lowest BCUT2D eigenvalue weighted by atomic mass is 10.3. The van der Waals surface area contributed by atoms with Crippen LogP contribution in [-0.4, -0.2) is 10.9 Å². The van der Waals surface area contributed by atoms with Crippen molar-refractivity contribution in [2.45, 2.75) is 6.54 Å². The molecule has 0 fully saturated rings. The minimum atomic E-state index is -0.174. The maximum absolute atomic E-state index is 11.4. The van der Waals surface area contributed by atoms with Gasteiger partial charge in [0.1, 0.15) is 5.76 Å². The van der Waals surface area contributed by atoms with Crippen LogP contribution in [0.4, 0.5) is 0 Å². The first-order chi connectivity index (χ1) is 8.34. The van der Waals surface area contributed by atoms with E-state index in [2.05, 4.69) is 10.3 Å². The summed E-state index contributed by atoms with van der Waals surface area (Å²) >= 11 is 0. The second-order valence-corrected chi connectivity index (χ2v) is 3.39. The van der Waals surface area contributed by atoms with Crippen molar-refractivity contribution in [1.29, 1.82) is 0 Å². The number of rotatable bonds is 4. The van der Waals surface area contributed by atoms with E-state index >= 15 is 0 Å². The van der Waals surface area contributed by atoms with Gasteiger partial charge in [-0.15, -0.1) is 0 Å². The summed E-state index contributed by atoms with van der Waals surface area (Å²) in [5.74, 6) is 0.477. The summed E-state index contributed by atoms with van der Waals surface area (Å²) in [6.07, 6.45) is 6.31. The van der Waals surface area contributed by atoms with E-state index in [-0.39, 0.29) is 5.91 Å². The molecule has 2 rings (SSSR count). The Hall–Kier alpha value is -2.36. The van der Waals surface area contributed by atoms with Gasteiger partial charge in [0.15, 0.2) is 0 Å². The van der Waals surface area contributed by atoms with Gasteiger partial charge >= 0.3 is 0 Å². The summed E-state index contributed by atoms with van der Waals surface area (Å²) in [6.45, 7) is 0.419. The summed E-state index contributed by atoms with van der Waals surface area (Å²) < 4.78 is 5.07. The maximum Gasteiger partial charge on any atom is 0.244 e. The third-order valence-corrected chi connectivity index (χ3v) is 2.11. The van der Waals surface area contributed by atoms with E-state index in [0.29, 0.717) is 12.3 Å². The molecule has 0 atom stereocenters. The quantitative estimate of drug-likeness (QED) is 0.814. The van der Waals surface area contributed by atoms with Crippen LogP contribution in [-0.2, 0) is 11.3 Å². The average Bonchev–Trinajstić information content (AvgIpc) is 2.88. The molecule has 0 aliphatic heterocycles. The number of pyridine rings is 1. The number of hydrogen-bond donors (Lipinski definition) is 1. The zero-order valence-corrected chi connectivity index (χ0v) is 9.17. The molecule has 1 N–H and O–H groups in total. The number of aromatic nitrogens is 1. The van der Waals surface area contributed by atoms with Crippen molar-refractivity contribution in [2.75, 3.05) is 0 Å². The van der Waals surface area contributed by atoms with E-state index in [4.69, 9.17) is 4.42 Å². The van der Waals surface area contributed by atoms with E-state index < -0.39 is 0 Å². The molecular formula is C13H12N2O2. The highest BCUT2D eigenvalue weighted by molar-refractivity contribution is 5.91. The van der Waals surface area contributed by atoms with Gasteiger partial charge in [-0.3, -0.25) is 9.78 Å². The Morgan fingerprint density at radius 1 is 1.35 bits per heavy atom. The second-order valence-electron chi connectivity index (χ2n) is 3.39. The molecule has 0 bridgehead atoms. The van der Waals surface area contributed by atoms with Crippen molar-refractivity contribution >= 4 is 12.0 Å². The summed E-state index contributed by atoms with van der Waals surface area (Å²) in [4.78, 5) is 15.5. The SMILES string of the molecule is O=C(/C=C\c1ccco1)NCc1ccccn1. The average molecular weight is 228 g/mol. The Bertz CT molecular complexity index is 489. The maximum atomic E-state index is 11.4. The van der Waals surface area contributed by atoms with Crippen LogP contribution >= 0.6 is 0 Å². The van der Waals surface area contributed by atoms with Crippen molar-refractivity contribution < 1.29 is 9.21 Å². The lowest BCUT2D eigenvalue weighted by Gasteiger charge is -2.00. The number of nitrogens with zero attached hydrogens (tertiary/aromatic N) is 1. The fourth-order valence-electron chi connectivity index (χ4n) is 1.28. The number of carbonyl (C=O) groups excluding carboxylic acids is 1. The van der Waals surface area contributed by atoms with E-state index in [1.165, 1.54) is 6.08 Å². The predicted molar refractivity (Wildman–Crippen MR) is 63.8 cm³/mol. The van der Waals surface area contributed by atoms with Crippen molar-refractivity contribution in [3.63, 3.8) is 0 Å². The van der Waals surface area contributed by atoms with E-state index in [9.17, 15) is 4.79 Å². The zero-order valence-electron chi connectivity index (χ0n) is 9.17. The number of amides is 1. The van der Waals surface area contributed by atoms with Gasteiger partial charge in [0.2, 0.25) is 5.91 Å². The first-order valence-corrected chi connectivity index (χ1v) is 5.24. The predicted octanol–water partition coefficient (Wildman–Crippen LogP) is 2.00. The summed E-state index contributed by atoms with van der Waals surface area (Å²) in [5.41, 5.74) is 0.826.